The molecule has 0 atom stereocenters. The molecule has 136 valence electrons. The van der Waals surface area contributed by atoms with Crippen LogP contribution in [0, 0.1) is 0 Å². The highest BCUT2D eigenvalue weighted by atomic mass is 35.5. The SMILES string of the molecule is CCc1ccc(Cl)cc1-c1[nH]c(-c2ncnc3[nH]ccc23)cc1C(=O)NC. The van der Waals surface area contributed by atoms with Gasteiger partial charge in [-0.15, -0.1) is 0 Å². The van der Waals surface area contributed by atoms with E-state index in [0.29, 0.717) is 10.6 Å². The van der Waals surface area contributed by atoms with E-state index in [-0.39, 0.29) is 5.91 Å². The Morgan fingerprint density at radius 3 is 2.85 bits per heavy atom. The van der Waals surface area contributed by atoms with Gasteiger partial charge in [0.2, 0.25) is 0 Å². The lowest BCUT2D eigenvalue weighted by atomic mass is 10.00. The van der Waals surface area contributed by atoms with Crippen molar-refractivity contribution in [3.63, 3.8) is 0 Å². The van der Waals surface area contributed by atoms with Gasteiger partial charge in [0.1, 0.15) is 12.0 Å². The van der Waals surface area contributed by atoms with Crippen molar-refractivity contribution in [3.05, 3.63) is 59.0 Å². The number of aryl methyl sites for hydroxylation is 1. The molecule has 0 unspecified atom stereocenters. The van der Waals surface area contributed by atoms with E-state index in [4.69, 9.17) is 11.6 Å². The first-order valence-corrected chi connectivity index (χ1v) is 9.02. The molecule has 3 heterocycles. The van der Waals surface area contributed by atoms with Gasteiger partial charge < -0.3 is 15.3 Å². The van der Waals surface area contributed by atoms with Crippen molar-refractivity contribution in [2.24, 2.45) is 0 Å². The molecule has 4 rings (SSSR count). The summed E-state index contributed by atoms with van der Waals surface area (Å²) in [7, 11) is 1.62. The summed E-state index contributed by atoms with van der Waals surface area (Å²) in [5.74, 6) is -0.172. The molecule has 0 aliphatic heterocycles. The van der Waals surface area contributed by atoms with Crippen LogP contribution in [0.2, 0.25) is 5.02 Å². The third kappa shape index (κ3) is 2.98. The summed E-state index contributed by atoms with van der Waals surface area (Å²) in [5, 5.41) is 4.22. The number of carbonyl (C=O) groups excluding carboxylic acids is 1. The Morgan fingerprint density at radius 2 is 2.07 bits per heavy atom. The lowest BCUT2D eigenvalue weighted by molar-refractivity contribution is 0.0964. The highest BCUT2D eigenvalue weighted by molar-refractivity contribution is 6.31. The molecule has 0 aliphatic carbocycles. The van der Waals surface area contributed by atoms with Crippen molar-refractivity contribution in [2.75, 3.05) is 7.05 Å². The highest BCUT2D eigenvalue weighted by Crippen LogP contribution is 2.34. The summed E-state index contributed by atoms with van der Waals surface area (Å²) in [4.78, 5) is 27.7. The van der Waals surface area contributed by atoms with Gasteiger partial charge in [0.05, 0.1) is 22.6 Å². The molecule has 0 fully saturated rings. The van der Waals surface area contributed by atoms with E-state index in [0.717, 1.165) is 45.7 Å². The van der Waals surface area contributed by atoms with Crippen LogP contribution < -0.4 is 5.32 Å². The Balaban J connectivity index is 1.97. The summed E-state index contributed by atoms with van der Waals surface area (Å²) >= 11 is 6.24. The Labute approximate surface area is 161 Å². The number of H-pyrrole nitrogens is 2. The minimum atomic E-state index is -0.172. The maximum absolute atomic E-state index is 12.5. The molecule has 6 nitrogen and oxygen atoms in total. The molecule has 1 amide bonds. The van der Waals surface area contributed by atoms with Gasteiger partial charge in [-0.1, -0.05) is 24.6 Å². The molecule has 0 aliphatic rings. The van der Waals surface area contributed by atoms with Gasteiger partial charge in [-0.2, -0.15) is 0 Å². The smallest absolute Gasteiger partial charge is 0.253 e. The minimum Gasteiger partial charge on any atom is -0.355 e. The quantitative estimate of drug-likeness (QED) is 0.496. The van der Waals surface area contributed by atoms with Crippen molar-refractivity contribution in [1.82, 2.24) is 25.3 Å². The van der Waals surface area contributed by atoms with Crippen molar-refractivity contribution >= 4 is 28.5 Å². The number of fused-ring (bicyclic) bond motifs is 1. The molecule has 0 saturated carbocycles. The van der Waals surface area contributed by atoms with E-state index in [1.807, 2.05) is 36.5 Å². The topological polar surface area (TPSA) is 86.5 Å². The largest absolute Gasteiger partial charge is 0.355 e. The number of aromatic amines is 2. The lowest BCUT2D eigenvalue weighted by Crippen LogP contribution is -2.18. The zero-order valence-electron chi connectivity index (χ0n) is 14.9. The average Bonchev–Trinajstić information content (AvgIpc) is 3.34. The number of benzene rings is 1. The van der Waals surface area contributed by atoms with Crippen molar-refractivity contribution < 1.29 is 4.79 Å². The van der Waals surface area contributed by atoms with E-state index in [1.54, 1.807) is 7.05 Å². The summed E-state index contributed by atoms with van der Waals surface area (Å²) < 4.78 is 0. The fourth-order valence-electron chi connectivity index (χ4n) is 3.29. The molecular weight excluding hydrogens is 362 g/mol. The summed E-state index contributed by atoms with van der Waals surface area (Å²) in [6.45, 7) is 2.07. The van der Waals surface area contributed by atoms with E-state index in [9.17, 15) is 4.79 Å². The van der Waals surface area contributed by atoms with Crippen LogP contribution in [-0.2, 0) is 6.42 Å². The fraction of sp³-hybridized carbons (Fsp3) is 0.150. The van der Waals surface area contributed by atoms with Crippen LogP contribution in [0.4, 0.5) is 0 Å². The van der Waals surface area contributed by atoms with Gasteiger partial charge in [-0.25, -0.2) is 9.97 Å². The van der Waals surface area contributed by atoms with E-state index in [1.165, 1.54) is 6.33 Å². The molecule has 0 radical (unpaired) electrons. The molecule has 7 heteroatoms. The first kappa shape index (κ1) is 17.3. The zero-order valence-corrected chi connectivity index (χ0v) is 15.7. The first-order valence-electron chi connectivity index (χ1n) is 8.64. The predicted molar refractivity (Wildman–Crippen MR) is 107 cm³/mol. The second-order valence-corrected chi connectivity index (χ2v) is 6.60. The number of halogens is 1. The molecule has 0 spiro atoms. The van der Waals surface area contributed by atoms with Crippen molar-refractivity contribution in [3.8, 4) is 22.6 Å². The Kier molecular flexibility index (Phi) is 4.41. The van der Waals surface area contributed by atoms with Crippen LogP contribution in [0.15, 0.2) is 42.9 Å². The molecule has 1 aromatic carbocycles. The standard InChI is InChI=1S/C20H18ClN5O/c1-3-11-4-5-12(21)8-14(11)17-15(20(27)22-2)9-16(26-17)18-13-6-7-23-19(13)25-10-24-18/h4-10,26H,3H2,1-2H3,(H,22,27)(H,23,24,25). The third-order valence-corrected chi connectivity index (χ3v) is 4.86. The number of nitrogens with zero attached hydrogens (tertiary/aromatic N) is 2. The number of aromatic nitrogens is 4. The minimum absolute atomic E-state index is 0.172. The maximum Gasteiger partial charge on any atom is 0.253 e. The van der Waals surface area contributed by atoms with E-state index >= 15 is 0 Å². The van der Waals surface area contributed by atoms with Gasteiger partial charge in [0, 0.05) is 29.2 Å². The highest BCUT2D eigenvalue weighted by Gasteiger charge is 2.20. The molecular formula is C20H18ClN5O. The zero-order chi connectivity index (χ0) is 19.0. The van der Waals surface area contributed by atoms with E-state index < -0.39 is 0 Å². The number of amides is 1. The predicted octanol–water partition coefficient (Wildman–Crippen LogP) is 4.20. The van der Waals surface area contributed by atoms with Gasteiger partial charge in [-0.05, 0) is 36.2 Å². The number of carbonyl (C=O) groups is 1. The van der Waals surface area contributed by atoms with Gasteiger partial charge in [-0.3, -0.25) is 4.79 Å². The number of hydrogen-bond donors (Lipinski definition) is 3. The van der Waals surface area contributed by atoms with Crippen molar-refractivity contribution in [2.45, 2.75) is 13.3 Å². The van der Waals surface area contributed by atoms with Crippen LogP contribution in [0.1, 0.15) is 22.8 Å². The summed E-state index contributed by atoms with van der Waals surface area (Å²) in [6.07, 6.45) is 4.15. The van der Waals surface area contributed by atoms with Crippen molar-refractivity contribution in [1.29, 1.82) is 0 Å². The van der Waals surface area contributed by atoms with Gasteiger partial charge >= 0.3 is 0 Å². The molecule has 3 N–H and O–H groups in total. The van der Waals surface area contributed by atoms with Gasteiger partial charge in [0.15, 0.2) is 0 Å². The number of hydrogen-bond acceptors (Lipinski definition) is 3. The Morgan fingerprint density at radius 1 is 1.22 bits per heavy atom. The number of nitrogens with one attached hydrogen (secondary N) is 3. The second kappa shape index (κ2) is 6.89. The Bertz CT molecular complexity index is 1140. The first-order chi connectivity index (χ1) is 13.1. The van der Waals surface area contributed by atoms with Crippen LogP contribution >= 0.6 is 11.6 Å². The third-order valence-electron chi connectivity index (χ3n) is 4.62. The average molecular weight is 380 g/mol. The van der Waals surface area contributed by atoms with Crippen LogP contribution in [0.3, 0.4) is 0 Å². The number of rotatable bonds is 4. The summed E-state index contributed by atoms with van der Waals surface area (Å²) in [6, 6.07) is 9.47. The maximum atomic E-state index is 12.5. The molecule has 27 heavy (non-hydrogen) atoms. The molecule has 4 aromatic rings. The molecule has 3 aromatic heterocycles. The summed E-state index contributed by atoms with van der Waals surface area (Å²) in [5.41, 5.74) is 5.52. The normalized spacial score (nSPS) is 11.1. The van der Waals surface area contributed by atoms with Crippen LogP contribution in [-0.4, -0.2) is 32.9 Å². The second-order valence-electron chi connectivity index (χ2n) is 6.17. The van der Waals surface area contributed by atoms with Crippen LogP contribution in [0.25, 0.3) is 33.7 Å². The fourth-order valence-corrected chi connectivity index (χ4v) is 3.46. The lowest BCUT2D eigenvalue weighted by Gasteiger charge is -2.09. The molecule has 0 saturated heterocycles. The Hall–Kier alpha value is -3.12. The van der Waals surface area contributed by atoms with Gasteiger partial charge in [0.25, 0.3) is 5.91 Å². The molecule has 0 bridgehead atoms. The van der Waals surface area contributed by atoms with E-state index in [2.05, 4.69) is 32.2 Å². The van der Waals surface area contributed by atoms with Crippen LogP contribution in [0.5, 0.6) is 0 Å². The monoisotopic (exact) mass is 379 g/mol.